The third-order valence-corrected chi connectivity index (χ3v) is 4.10. The van der Waals surface area contributed by atoms with Gasteiger partial charge < -0.3 is 0 Å². The van der Waals surface area contributed by atoms with E-state index in [0.29, 0.717) is 9.92 Å². The third kappa shape index (κ3) is 3.49. The molecule has 0 heterocycles. The summed E-state index contributed by atoms with van der Waals surface area (Å²) < 4.78 is 37.8. The van der Waals surface area contributed by atoms with Gasteiger partial charge in [-0.3, -0.25) is 9.00 Å². The quantitative estimate of drug-likeness (QED) is 0.808. The lowest BCUT2D eigenvalue weighted by atomic mass is 10.1. The van der Waals surface area contributed by atoms with Gasteiger partial charge in [-0.1, -0.05) is 17.7 Å². The van der Waals surface area contributed by atoms with E-state index in [-0.39, 0.29) is 11.3 Å². The summed E-state index contributed by atoms with van der Waals surface area (Å²) in [4.78, 5) is 12.3. The fraction of sp³-hybridized carbons (Fsp3) is 0.0714. The first-order chi connectivity index (χ1) is 9.47. The fourth-order valence-electron chi connectivity index (χ4n) is 1.56. The van der Waals surface area contributed by atoms with Crippen LogP contribution in [0.15, 0.2) is 47.4 Å². The first-order valence-electron chi connectivity index (χ1n) is 5.59. The van der Waals surface area contributed by atoms with Crippen LogP contribution in [0.1, 0.15) is 10.4 Å². The van der Waals surface area contributed by atoms with E-state index in [4.69, 9.17) is 11.6 Å². The molecule has 1 atom stereocenters. The lowest BCUT2D eigenvalue weighted by molar-refractivity contribution is 0.102. The molecular weight excluding hydrogens is 306 g/mol. The van der Waals surface area contributed by atoms with Gasteiger partial charge >= 0.3 is 0 Å². The number of halogens is 3. The summed E-state index contributed by atoms with van der Waals surface area (Å²) in [6.45, 7) is 0. The highest BCUT2D eigenvalue weighted by Crippen LogP contribution is 2.16. The van der Waals surface area contributed by atoms with Crippen LogP contribution < -0.4 is 0 Å². The summed E-state index contributed by atoms with van der Waals surface area (Å²) in [5.41, 5.74) is -0.0146. The minimum absolute atomic E-state index is 0.0146. The molecule has 20 heavy (non-hydrogen) atoms. The zero-order valence-electron chi connectivity index (χ0n) is 10.1. The normalized spacial score (nSPS) is 12.2. The molecule has 0 aliphatic rings. The molecule has 6 heteroatoms. The molecule has 0 fully saturated rings. The Morgan fingerprint density at radius 1 is 1.10 bits per heavy atom. The second-order valence-corrected chi connectivity index (χ2v) is 5.89. The van der Waals surface area contributed by atoms with Crippen LogP contribution in [-0.2, 0) is 10.8 Å². The molecule has 104 valence electrons. The number of ketones is 1. The molecule has 0 spiro atoms. The highest BCUT2D eigenvalue weighted by molar-refractivity contribution is 7.85. The van der Waals surface area contributed by atoms with Gasteiger partial charge in [0.25, 0.3) is 0 Å². The molecular formula is C14H9ClF2O2S. The molecule has 0 saturated carbocycles. The summed E-state index contributed by atoms with van der Waals surface area (Å²) in [6, 6.07) is 9.15. The van der Waals surface area contributed by atoms with Gasteiger partial charge in [0.15, 0.2) is 17.4 Å². The molecule has 0 N–H and O–H groups in total. The summed E-state index contributed by atoms with van der Waals surface area (Å²) in [5, 5.41) is 0.413. The van der Waals surface area contributed by atoms with Gasteiger partial charge in [-0.15, -0.1) is 0 Å². The van der Waals surface area contributed by atoms with E-state index >= 15 is 0 Å². The number of benzene rings is 2. The van der Waals surface area contributed by atoms with E-state index in [2.05, 4.69) is 0 Å². The molecule has 2 aromatic carbocycles. The SMILES string of the molecule is O=C(CS(=O)c1cccc(Cl)c1)c1ccc(F)c(F)c1. The van der Waals surface area contributed by atoms with E-state index in [0.717, 1.165) is 18.2 Å². The van der Waals surface area contributed by atoms with E-state index in [1.165, 1.54) is 6.07 Å². The van der Waals surface area contributed by atoms with Gasteiger partial charge in [-0.05, 0) is 36.4 Å². The molecule has 0 saturated heterocycles. The van der Waals surface area contributed by atoms with Crippen molar-refractivity contribution in [1.82, 2.24) is 0 Å². The predicted molar refractivity (Wildman–Crippen MR) is 73.4 cm³/mol. The zero-order valence-corrected chi connectivity index (χ0v) is 11.7. The maximum absolute atomic E-state index is 13.0. The number of carbonyl (C=O) groups excluding carboxylic acids is 1. The molecule has 0 bridgehead atoms. The fourth-order valence-corrected chi connectivity index (χ4v) is 2.88. The average molecular weight is 315 g/mol. The Bertz CT molecular complexity index is 689. The smallest absolute Gasteiger partial charge is 0.175 e. The Morgan fingerprint density at radius 3 is 2.50 bits per heavy atom. The van der Waals surface area contributed by atoms with E-state index in [1.807, 2.05) is 0 Å². The van der Waals surface area contributed by atoms with Crippen LogP contribution in [0.25, 0.3) is 0 Å². The van der Waals surface area contributed by atoms with Crippen molar-refractivity contribution < 1.29 is 17.8 Å². The molecule has 1 unspecified atom stereocenters. The lowest BCUT2D eigenvalue weighted by Crippen LogP contribution is -2.11. The van der Waals surface area contributed by atoms with Gasteiger partial charge in [0.1, 0.15) is 0 Å². The van der Waals surface area contributed by atoms with Crippen molar-refractivity contribution in [3.05, 3.63) is 64.7 Å². The average Bonchev–Trinajstić information content (AvgIpc) is 2.41. The minimum atomic E-state index is -1.59. The highest BCUT2D eigenvalue weighted by Gasteiger charge is 2.14. The van der Waals surface area contributed by atoms with Crippen molar-refractivity contribution in [2.75, 3.05) is 5.75 Å². The van der Waals surface area contributed by atoms with Gasteiger partial charge in [0, 0.05) is 15.5 Å². The van der Waals surface area contributed by atoms with Crippen LogP contribution in [0.5, 0.6) is 0 Å². The van der Waals surface area contributed by atoms with Gasteiger partial charge in [0.2, 0.25) is 0 Å². The Labute approximate surface area is 121 Å². The summed E-state index contributed by atoms with van der Waals surface area (Å²) in [6.07, 6.45) is 0. The van der Waals surface area contributed by atoms with Crippen molar-refractivity contribution in [2.24, 2.45) is 0 Å². The van der Waals surface area contributed by atoms with Crippen LogP contribution >= 0.6 is 11.6 Å². The highest BCUT2D eigenvalue weighted by atomic mass is 35.5. The standard InChI is InChI=1S/C14H9ClF2O2S/c15-10-2-1-3-11(7-10)20(19)8-14(18)9-4-5-12(16)13(17)6-9/h1-7H,8H2. The summed E-state index contributed by atoms with van der Waals surface area (Å²) >= 11 is 5.77. The van der Waals surface area contributed by atoms with Crippen molar-refractivity contribution in [3.63, 3.8) is 0 Å². The molecule has 0 aromatic heterocycles. The minimum Gasteiger partial charge on any atom is -0.293 e. The molecule has 0 aliphatic carbocycles. The predicted octanol–water partition coefficient (Wildman–Crippen LogP) is 3.61. The van der Waals surface area contributed by atoms with Crippen molar-refractivity contribution >= 4 is 28.2 Å². The van der Waals surface area contributed by atoms with Crippen LogP contribution in [-0.4, -0.2) is 15.7 Å². The van der Waals surface area contributed by atoms with Crippen molar-refractivity contribution in [1.29, 1.82) is 0 Å². The van der Waals surface area contributed by atoms with Crippen LogP contribution in [0.4, 0.5) is 8.78 Å². The van der Waals surface area contributed by atoms with Gasteiger partial charge in [-0.2, -0.15) is 0 Å². The van der Waals surface area contributed by atoms with Crippen LogP contribution in [0.3, 0.4) is 0 Å². The second kappa shape index (κ2) is 6.24. The molecule has 2 nitrogen and oxygen atoms in total. The van der Waals surface area contributed by atoms with Crippen LogP contribution in [0, 0.1) is 11.6 Å². The second-order valence-electron chi connectivity index (χ2n) is 4.00. The molecule has 0 radical (unpaired) electrons. The Kier molecular flexibility index (Phi) is 4.62. The van der Waals surface area contributed by atoms with Gasteiger partial charge in [-0.25, -0.2) is 8.78 Å². The molecule has 0 aliphatic heterocycles. The Morgan fingerprint density at radius 2 is 1.85 bits per heavy atom. The Balaban J connectivity index is 2.15. The number of hydrogen-bond donors (Lipinski definition) is 0. The van der Waals surface area contributed by atoms with Gasteiger partial charge in [0.05, 0.1) is 16.6 Å². The largest absolute Gasteiger partial charge is 0.293 e. The maximum Gasteiger partial charge on any atom is 0.175 e. The number of carbonyl (C=O) groups is 1. The first-order valence-corrected chi connectivity index (χ1v) is 7.29. The van der Waals surface area contributed by atoms with Crippen molar-refractivity contribution in [2.45, 2.75) is 4.90 Å². The van der Waals surface area contributed by atoms with E-state index < -0.39 is 28.2 Å². The number of Topliss-reactive ketones (excluding diaryl/α,β-unsaturated/α-hetero) is 1. The topological polar surface area (TPSA) is 34.1 Å². The Hall–Kier alpha value is -1.59. The summed E-state index contributed by atoms with van der Waals surface area (Å²) in [5.74, 6) is -2.98. The maximum atomic E-state index is 13.0. The van der Waals surface area contributed by atoms with Crippen LogP contribution in [0.2, 0.25) is 5.02 Å². The zero-order chi connectivity index (χ0) is 14.7. The molecule has 2 rings (SSSR count). The van der Waals surface area contributed by atoms with E-state index in [1.54, 1.807) is 18.2 Å². The van der Waals surface area contributed by atoms with E-state index in [9.17, 15) is 17.8 Å². The molecule has 0 amide bonds. The monoisotopic (exact) mass is 314 g/mol. The summed E-state index contributed by atoms with van der Waals surface area (Å²) in [7, 11) is -1.59. The third-order valence-electron chi connectivity index (χ3n) is 2.56. The first kappa shape index (κ1) is 14.8. The van der Waals surface area contributed by atoms with Crippen molar-refractivity contribution in [3.8, 4) is 0 Å². The number of rotatable bonds is 4. The number of hydrogen-bond acceptors (Lipinski definition) is 2. The molecule has 2 aromatic rings. The lowest BCUT2D eigenvalue weighted by Gasteiger charge is -2.03.